The van der Waals surface area contributed by atoms with Crippen LogP contribution in [-0.4, -0.2) is 76.0 Å². The summed E-state index contributed by atoms with van der Waals surface area (Å²) in [6.45, 7) is 0.728. The highest BCUT2D eigenvalue weighted by Crippen LogP contribution is 2.35. The van der Waals surface area contributed by atoms with Crippen molar-refractivity contribution < 1.29 is 41.3 Å². The molecule has 0 spiro atoms. The zero-order valence-electron chi connectivity index (χ0n) is 28.7. The molecule has 3 aromatic rings. The van der Waals surface area contributed by atoms with E-state index in [-0.39, 0.29) is 65.3 Å². The van der Waals surface area contributed by atoms with Crippen LogP contribution in [-0.2, 0) is 34.0 Å². The minimum atomic E-state index is -4.13. The van der Waals surface area contributed by atoms with Crippen LogP contribution in [0, 0.1) is 12.3 Å². The van der Waals surface area contributed by atoms with E-state index < -0.39 is 22.3 Å². The lowest BCUT2D eigenvalue weighted by Gasteiger charge is -2.23. The molecule has 0 saturated heterocycles. The lowest BCUT2D eigenvalue weighted by Crippen LogP contribution is -2.31. The first-order valence-electron chi connectivity index (χ1n) is 16.5. The van der Waals surface area contributed by atoms with Gasteiger partial charge in [0.2, 0.25) is 11.8 Å². The molecule has 1 aromatic heterocycles. The third kappa shape index (κ3) is 13.5. The Bertz CT molecular complexity index is 1800. The van der Waals surface area contributed by atoms with E-state index in [1.54, 1.807) is 43.4 Å². The third-order valence-electron chi connectivity index (χ3n) is 7.74. The maximum absolute atomic E-state index is 12.9. The Kier molecular flexibility index (Phi) is 16.7. The topological polar surface area (TPSA) is 170 Å². The molecule has 0 radical (unpaired) electrons. The number of hydrogen-bond acceptors (Lipinski definition) is 10. The molecule has 2 N–H and O–H groups in total. The molecule has 13 nitrogen and oxygen atoms in total. The number of unbranched alkanes of at least 4 members (excludes halogenated alkanes) is 3. The van der Waals surface area contributed by atoms with Crippen molar-refractivity contribution in [3.8, 4) is 18.1 Å². The van der Waals surface area contributed by atoms with Crippen LogP contribution in [0.1, 0.15) is 69.6 Å². The van der Waals surface area contributed by atoms with Crippen LogP contribution in [0.5, 0.6) is 5.75 Å². The van der Waals surface area contributed by atoms with Gasteiger partial charge in [0.1, 0.15) is 11.0 Å². The lowest BCUT2D eigenvalue weighted by molar-refractivity contribution is -0.141. The van der Waals surface area contributed by atoms with Crippen LogP contribution in [0.3, 0.4) is 0 Å². The summed E-state index contributed by atoms with van der Waals surface area (Å²) >= 11 is 3.45. The highest BCUT2D eigenvalue weighted by atomic mass is 79.9. The Labute approximate surface area is 307 Å². The molecule has 0 bridgehead atoms. The van der Waals surface area contributed by atoms with Crippen LogP contribution >= 0.6 is 15.9 Å². The first kappa shape index (κ1) is 40.7. The van der Waals surface area contributed by atoms with Crippen molar-refractivity contribution in [2.24, 2.45) is 0 Å². The lowest BCUT2D eigenvalue weighted by atomic mass is 10.1. The fraction of sp³-hybridized carbons (Fsp3) is 0.417. The van der Waals surface area contributed by atoms with Crippen molar-refractivity contribution in [3.63, 3.8) is 0 Å². The number of amides is 3. The van der Waals surface area contributed by atoms with E-state index in [9.17, 15) is 27.6 Å². The van der Waals surface area contributed by atoms with Gasteiger partial charge in [-0.15, -0.1) is 6.42 Å². The maximum atomic E-state index is 12.9. The van der Waals surface area contributed by atoms with E-state index in [4.69, 9.17) is 20.3 Å². The monoisotopic (exact) mass is 786 g/mol. The third-order valence-corrected chi connectivity index (χ3v) is 9.75. The first-order valence-corrected chi connectivity index (χ1v) is 18.7. The highest BCUT2D eigenvalue weighted by Gasteiger charge is 2.23. The van der Waals surface area contributed by atoms with E-state index in [2.05, 4.69) is 37.2 Å². The number of hydrogen-bond donors (Lipinski definition) is 2. The number of fused-ring (bicyclic) bond motifs is 1. The summed E-state index contributed by atoms with van der Waals surface area (Å²) in [7, 11) is -1.17. The molecule has 51 heavy (non-hydrogen) atoms. The van der Waals surface area contributed by atoms with Gasteiger partial charge in [0, 0.05) is 51.2 Å². The quantitative estimate of drug-likeness (QED) is 0.0652. The molecule has 1 heterocycles. The van der Waals surface area contributed by atoms with E-state index >= 15 is 0 Å². The van der Waals surface area contributed by atoms with Crippen molar-refractivity contribution in [3.05, 3.63) is 64.8 Å². The summed E-state index contributed by atoms with van der Waals surface area (Å²) < 4.78 is 42.1. The average Bonchev–Trinajstić information content (AvgIpc) is 3.13. The number of nitrogens with one attached hydrogen (secondary N) is 2. The number of carbonyl (C=O) groups excluding carboxylic acids is 4. The summed E-state index contributed by atoms with van der Waals surface area (Å²) in [6, 6.07) is 14.4. The second-order valence-electron chi connectivity index (χ2n) is 11.5. The second-order valence-corrected chi connectivity index (χ2v) is 13.9. The standard InChI is InChI=1S/C36H43BrN4O9S/c1-4-23-38-31(42)15-9-6-12-24-39-36(45)49-29(22-25-41(2)32(43)16-10-11-17-33(44)48-3)28-20-18-26-19-21-30(34(37)35(26)40-28)50-51(46,47)27-13-7-5-8-14-27/h1,5,7-8,13-14,18-21,29H,6,9-12,15-17,22-25H2,2-3H3,(H,38,42)(H,39,45). The summed E-state index contributed by atoms with van der Waals surface area (Å²) in [5.74, 6) is 1.79. The zero-order valence-corrected chi connectivity index (χ0v) is 31.1. The molecule has 274 valence electrons. The number of rotatable bonds is 20. The molecular formula is C36H43BrN4O9S. The van der Waals surface area contributed by atoms with Crippen LogP contribution in [0.2, 0.25) is 0 Å². The number of esters is 1. The van der Waals surface area contributed by atoms with Gasteiger partial charge in [0.15, 0.2) is 5.75 Å². The number of carbonyl (C=O) groups is 4. The molecule has 3 rings (SSSR count). The van der Waals surface area contributed by atoms with Gasteiger partial charge in [-0.05, 0) is 71.9 Å². The Morgan fingerprint density at radius 1 is 0.941 bits per heavy atom. The molecule has 15 heteroatoms. The van der Waals surface area contributed by atoms with Crippen molar-refractivity contribution in [2.45, 2.75) is 68.8 Å². The summed E-state index contributed by atoms with van der Waals surface area (Å²) in [6.07, 6.45) is 7.57. The molecule has 0 aliphatic heterocycles. The van der Waals surface area contributed by atoms with Crippen LogP contribution in [0.15, 0.2) is 64.0 Å². The van der Waals surface area contributed by atoms with Crippen molar-refractivity contribution in [2.75, 3.05) is 33.8 Å². The van der Waals surface area contributed by atoms with Crippen molar-refractivity contribution in [1.29, 1.82) is 0 Å². The van der Waals surface area contributed by atoms with Crippen LogP contribution in [0.25, 0.3) is 10.9 Å². The predicted molar refractivity (Wildman–Crippen MR) is 194 cm³/mol. The van der Waals surface area contributed by atoms with Gasteiger partial charge in [-0.2, -0.15) is 8.42 Å². The highest BCUT2D eigenvalue weighted by molar-refractivity contribution is 9.10. The molecule has 1 atom stereocenters. The zero-order chi connectivity index (χ0) is 37.2. The van der Waals surface area contributed by atoms with Gasteiger partial charge >= 0.3 is 22.2 Å². The molecular weight excluding hydrogens is 744 g/mol. The molecule has 3 amide bonds. The molecule has 1 unspecified atom stereocenters. The summed E-state index contributed by atoms with van der Waals surface area (Å²) in [5.41, 5.74) is 0.752. The van der Waals surface area contributed by atoms with E-state index in [1.807, 2.05) is 0 Å². The second kappa shape index (κ2) is 20.9. The van der Waals surface area contributed by atoms with E-state index in [0.29, 0.717) is 61.7 Å². The van der Waals surface area contributed by atoms with E-state index in [1.165, 1.54) is 30.2 Å². The summed E-state index contributed by atoms with van der Waals surface area (Å²) in [5, 5.41) is 6.01. The Morgan fingerprint density at radius 2 is 1.65 bits per heavy atom. The van der Waals surface area contributed by atoms with Gasteiger partial charge < -0.3 is 29.2 Å². The van der Waals surface area contributed by atoms with Crippen molar-refractivity contribution >= 4 is 60.8 Å². The van der Waals surface area contributed by atoms with Gasteiger partial charge in [-0.1, -0.05) is 36.6 Å². The van der Waals surface area contributed by atoms with E-state index in [0.717, 1.165) is 0 Å². The number of terminal acetylenes is 1. The number of nitrogens with zero attached hydrogens (tertiary/aromatic N) is 2. The Hall–Kier alpha value is -4.68. The number of alkyl carbamates (subject to hydrolysis) is 1. The number of pyridine rings is 1. The SMILES string of the molecule is C#CCNC(=O)CCCCCNC(=O)OC(CCN(C)C(=O)CCCCC(=O)OC)c1ccc2ccc(OS(=O)(=O)c3ccccc3)c(Br)c2n1. The van der Waals surface area contributed by atoms with Gasteiger partial charge in [-0.25, -0.2) is 9.78 Å². The number of ether oxygens (including phenoxy) is 2. The number of methoxy groups -OCH3 is 1. The van der Waals surface area contributed by atoms with Gasteiger partial charge in [-0.3, -0.25) is 14.4 Å². The minimum absolute atomic E-state index is 0.00845. The van der Waals surface area contributed by atoms with Gasteiger partial charge in [0.25, 0.3) is 0 Å². The number of benzene rings is 2. The number of halogens is 1. The largest absolute Gasteiger partial charge is 0.469 e. The van der Waals surface area contributed by atoms with Crippen molar-refractivity contribution in [1.82, 2.24) is 20.5 Å². The molecule has 2 aromatic carbocycles. The molecule has 0 aliphatic carbocycles. The Balaban J connectivity index is 1.73. The molecule has 0 aliphatic rings. The van der Waals surface area contributed by atoms with Gasteiger partial charge in [0.05, 0.1) is 29.3 Å². The molecule has 0 fully saturated rings. The maximum Gasteiger partial charge on any atom is 0.407 e. The summed E-state index contributed by atoms with van der Waals surface area (Å²) in [4.78, 5) is 55.1. The first-order chi connectivity index (χ1) is 24.4. The van der Waals surface area contributed by atoms with Crippen LogP contribution in [0.4, 0.5) is 4.79 Å². The normalized spacial score (nSPS) is 11.6. The molecule has 0 saturated carbocycles. The fourth-order valence-electron chi connectivity index (χ4n) is 4.88. The average molecular weight is 788 g/mol. The number of aromatic nitrogens is 1. The fourth-order valence-corrected chi connectivity index (χ4v) is 6.48. The Morgan fingerprint density at radius 3 is 2.37 bits per heavy atom. The predicted octanol–water partition coefficient (Wildman–Crippen LogP) is 5.42. The minimum Gasteiger partial charge on any atom is -0.469 e. The van der Waals surface area contributed by atoms with Crippen LogP contribution < -0.4 is 14.8 Å². The smallest absolute Gasteiger partial charge is 0.407 e.